The van der Waals surface area contributed by atoms with E-state index in [-0.39, 0.29) is 16.6 Å². The smallest absolute Gasteiger partial charge is 0.181 e. The summed E-state index contributed by atoms with van der Waals surface area (Å²) < 4.78 is 0. The fourth-order valence-corrected chi connectivity index (χ4v) is 3.61. The first-order chi connectivity index (χ1) is 8.59. The summed E-state index contributed by atoms with van der Waals surface area (Å²) in [6, 6.07) is 6.29. The first-order valence-corrected chi connectivity index (χ1v) is 7.73. The summed E-state index contributed by atoms with van der Waals surface area (Å²) in [6.07, 6.45) is 5.76. The van der Waals surface area contributed by atoms with Crippen LogP contribution in [0.4, 0.5) is 0 Å². The molecule has 1 aromatic rings. The Morgan fingerprint density at radius 2 is 1.74 bits per heavy atom. The molecule has 1 aliphatic carbocycles. The minimum absolute atomic E-state index is 0.104. The molecule has 0 heterocycles. The molecule has 1 unspecified atom stereocenters. The van der Waals surface area contributed by atoms with Gasteiger partial charge in [-0.3, -0.25) is 4.79 Å². The number of carbonyl (C=O) groups excluding carboxylic acids is 1. The predicted molar refractivity (Wildman–Crippen MR) is 84.1 cm³/mol. The monoisotopic (exact) mass is 270 g/mol. The average molecular weight is 270 g/mol. The number of benzene rings is 1. The molecule has 19 heavy (non-hydrogen) atoms. The van der Waals surface area contributed by atoms with Gasteiger partial charge in [0.25, 0.3) is 0 Å². The molecule has 0 aliphatic heterocycles. The molecule has 0 spiro atoms. The summed E-state index contributed by atoms with van der Waals surface area (Å²) in [4.78, 5) is 12.9. The molecule has 0 saturated carbocycles. The maximum atomic E-state index is 12.9. The number of hydrogen-bond acceptors (Lipinski definition) is 1. The quantitative estimate of drug-likeness (QED) is 0.519. The van der Waals surface area contributed by atoms with Crippen LogP contribution in [0.3, 0.4) is 0 Å². The Morgan fingerprint density at radius 3 is 2.26 bits per heavy atom. The van der Waals surface area contributed by atoms with Gasteiger partial charge in [0.15, 0.2) is 5.78 Å². The van der Waals surface area contributed by atoms with Crippen LogP contribution in [0.25, 0.3) is 0 Å². The molecule has 0 aromatic heterocycles. The van der Waals surface area contributed by atoms with E-state index in [1.54, 1.807) is 0 Å². The molecule has 1 aliphatic rings. The van der Waals surface area contributed by atoms with Crippen LogP contribution in [-0.4, -0.2) is 16.0 Å². The molecule has 0 fully saturated rings. The van der Waals surface area contributed by atoms with Crippen molar-refractivity contribution in [1.29, 1.82) is 0 Å². The van der Waals surface area contributed by atoms with Gasteiger partial charge in [-0.15, -0.1) is 6.42 Å². The van der Waals surface area contributed by atoms with Crippen molar-refractivity contribution in [2.45, 2.75) is 40.0 Å². The van der Waals surface area contributed by atoms with Crippen molar-refractivity contribution < 1.29 is 4.79 Å². The third-order valence-corrected chi connectivity index (χ3v) is 6.27. The number of ketones is 1. The lowest BCUT2D eigenvalue weighted by atomic mass is 9.46. The molecule has 0 amide bonds. The Kier molecular flexibility index (Phi) is 2.84. The maximum Gasteiger partial charge on any atom is 0.181 e. The van der Waals surface area contributed by atoms with Crippen molar-refractivity contribution in [2.75, 3.05) is 0 Å². The Bertz CT molecular complexity index is 604. The van der Waals surface area contributed by atoms with Gasteiger partial charge in [-0.05, 0) is 23.3 Å². The van der Waals surface area contributed by atoms with Gasteiger partial charge < -0.3 is 0 Å². The predicted octanol–water partition coefficient (Wildman–Crippen LogP) is 1.82. The van der Waals surface area contributed by atoms with Gasteiger partial charge in [-0.1, -0.05) is 57.0 Å². The number of carbonyl (C=O) groups is 1. The van der Waals surface area contributed by atoms with Crippen LogP contribution in [0.1, 0.15) is 50.5 Å². The number of Topliss-reactive ketones (excluding diaryl/α,β-unsaturated/α-hetero) is 1. The van der Waals surface area contributed by atoms with Crippen LogP contribution in [0.2, 0.25) is 0 Å². The Morgan fingerprint density at radius 1 is 1.16 bits per heavy atom. The fourth-order valence-electron chi connectivity index (χ4n) is 3.15. The molecule has 0 N–H and O–H groups in total. The lowest BCUT2D eigenvalue weighted by molar-refractivity contribution is 0.0361. The second-order valence-corrected chi connectivity index (χ2v) is 8.05. The van der Waals surface area contributed by atoms with Gasteiger partial charge in [0, 0.05) is 15.8 Å². The van der Waals surface area contributed by atoms with Crippen LogP contribution < -0.4 is 5.19 Å². The summed E-state index contributed by atoms with van der Waals surface area (Å²) in [5, 5.41) is 1.24. The van der Waals surface area contributed by atoms with Crippen molar-refractivity contribution in [1.82, 2.24) is 0 Å². The number of hydrogen-bond donors (Lipinski definition) is 0. The van der Waals surface area contributed by atoms with E-state index in [2.05, 4.69) is 45.7 Å². The second kappa shape index (κ2) is 3.83. The molecule has 1 nitrogen and oxygen atoms in total. The van der Waals surface area contributed by atoms with E-state index in [0.717, 1.165) is 21.4 Å². The SMILES string of the molecule is C#CC1(C)C(=O)c2cc([SiH3])ccc2C(C)(C)C1(C)C. The zero-order chi connectivity index (χ0) is 14.6. The zero-order valence-electron chi connectivity index (χ0n) is 12.7. The molecule has 2 heteroatoms. The summed E-state index contributed by atoms with van der Waals surface area (Å²) in [5.74, 6) is 2.90. The topological polar surface area (TPSA) is 17.1 Å². The largest absolute Gasteiger partial charge is 0.292 e. The lowest BCUT2D eigenvalue weighted by Crippen LogP contribution is -2.56. The van der Waals surface area contributed by atoms with Gasteiger partial charge in [0.2, 0.25) is 0 Å². The minimum Gasteiger partial charge on any atom is -0.292 e. The van der Waals surface area contributed by atoms with Gasteiger partial charge in [-0.2, -0.15) is 0 Å². The molecular formula is C17H22OSi. The highest BCUT2D eigenvalue weighted by Gasteiger charge is 2.59. The Hall–Kier alpha value is -1.33. The number of rotatable bonds is 0. The third kappa shape index (κ3) is 1.51. The maximum absolute atomic E-state index is 12.9. The van der Waals surface area contributed by atoms with E-state index in [9.17, 15) is 4.79 Å². The summed E-state index contributed by atoms with van der Waals surface area (Å²) >= 11 is 0. The molecule has 1 atom stereocenters. The van der Waals surface area contributed by atoms with Crippen molar-refractivity contribution in [3.8, 4) is 12.3 Å². The molecule has 2 rings (SSSR count). The van der Waals surface area contributed by atoms with Gasteiger partial charge >= 0.3 is 0 Å². The van der Waals surface area contributed by atoms with E-state index in [0.29, 0.717) is 0 Å². The highest BCUT2D eigenvalue weighted by Crippen LogP contribution is 2.57. The van der Waals surface area contributed by atoms with Crippen molar-refractivity contribution >= 4 is 21.2 Å². The van der Waals surface area contributed by atoms with E-state index in [1.807, 2.05) is 13.0 Å². The minimum atomic E-state index is -0.751. The van der Waals surface area contributed by atoms with Crippen LogP contribution >= 0.6 is 0 Å². The first kappa shape index (κ1) is 14.1. The summed E-state index contributed by atoms with van der Waals surface area (Å²) in [5.41, 5.74) is 0.795. The number of terminal acetylenes is 1. The van der Waals surface area contributed by atoms with Crippen LogP contribution in [0, 0.1) is 23.2 Å². The van der Waals surface area contributed by atoms with E-state index in [4.69, 9.17) is 6.42 Å². The van der Waals surface area contributed by atoms with E-state index < -0.39 is 5.41 Å². The number of fused-ring (bicyclic) bond motifs is 1. The van der Waals surface area contributed by atoms with Crippen LogP contribution in [0.5, 0.6) is 0 Å². The Labute approximate surface area is 119 Å². The fraction of sp³-hybridized carbons (Fsp3) is 0.471. The summed E-state index contributed by atoms with van der Waals surface area (Å²) in [6.45, 7) is 10.5. The van der Waals surface area contributed by atoms with E-state index >= 15 is 0 Å². The zero-order valence-corrected chi connectivity index (χ0v) is 14.7. The van der Waals surface area contributed by atoms with Crippen LogP contribution in [-0.2, 0) is 5.41 Å². The molecule has 0 radical (unpaired) electrons. The highest BCUT2D eigenvalue weighted by atomic mass is 28.1. The van der Waals surface area contributed by atoms with Gasteiger partial charge in [0.05, 0.1) is 5.41 Å². The standard InChI is InChI=1S/C17H22OSi/c1-7-17(6)14(18)12-10-11(19)8-9-13(12)15(2,3)16(17,4)5/h1,8-10H,2-6,19H3. The average Bonchev–Trinajstić information content (AvgIpc) is 2.34. The van der Waals surface area contributed by atoms with Gasteiger partial charge in [0.1, 0.15) is 0 Å². The van der Waals surface area contributed by atoms with E-state index in [1.165, 1.54) is 5.19 Å². The van der Waals surface area contributed by atoms with Crippen LogP contribution in [0.15, 0.2) is 18.2 Å². The second-order valence-electron chi connectivity index (χ2n) is 6.90. The lowest BCUT2D eigenvalue weighted by Gasteiger charge is -2.54. The van der Waals surface area contributed by atoms with Gasteiger partial charge in [-0.25, -0.2) is 0 Å². The molecule has 0 bridgehead atoms. The highest BCUT2D eigenvalue weighted by molar-refractivity contribution is 6.33. The molecular weight excluding hydrogens is 248 g/mol. The first-order valence-electron chi connectivity index (χ1n) is 6.73. The molecule has 0 saturated heterocycles. The van der Waals surface area contributed by atoms with Crippen molar-refractivity contribution in [3.05, 3.63) is 29.3 Å². The Balaban J connectivity index is 2.87. The third-order valence-electron chi connectivity index (χ3n) is 5.65. The molecule has 1 aromatic carbocycles. The normalized spacial score (nSPS) is 27.7. The molecule has 100 valence electrons. The van der Waals surface area contributed by atoms with Crippen molar-refractivity contribution in [3.63, 3.8) is 0 Å². The van der Waals surface area contributed by atoms with Crippen molar-refractivity contribution in [2.24, 2.45) is 10.8 Å². The summed E-state index contributed by atoms with van der Waals surface area (Å²) in [7, 11) is 0.947.